The van der Waals surface area contributed by atoms with Crippen molar-refractivity contribution in [2.45, 2.75) is 6.42 Å². The van der Waals surface area contributed by atoms with Crippen LogP contribution in [0.25, 0.3) is 0 Å². The summed E-state index contributed by atoms with van der Waals surface area (Å²) < 4.78 is 10.8. The van der Waals surface area contributed by atoms with Gasteiger partial charge in [-0.1, -0.05) is 29.8 Å². The second-order valence-corrected chi connectivity index (χ2v) is 6.48. The van der Waals surface area contributed by atoms with Gasteiger partial charge in [0.1, 0.15) is 18.9 Å². The molecule has 0 bridgehead atoms. The fraction of sp³-hybridized carbons (Fsp3) is 0.250. The van der Waals surface area contributed by atoms with Crippen molar-refractivity contribution < 1.29 is 19.1 Å². The Labute approximate surface area is 161 Å². The molecule has 0 radical (unpaired) electrons. The van der Waals surface area contributed by atoms with Gasteiger partial charge in [0.2, 0.25) is 0 Å². The number of hydrogen-bond donors (Lipinski definition) is 0. The van der Waals surface area contributed by atoms with E-state index in [0.717, 1.165) is 5.56 Å². The van der Waals surface area contributed by atoms with Gasteiger partial charge < -0.3 is 9.47 Å². The number of rotatable bonds is 5. The first-order chi connectivity index (χ1) is 13.1. The summed E-state index contributed by atoms with van der Waals surface area (Å²) in [4.78, 5) is 26.0. The van der Waals surface area contributed by atoms with Crippen LogP contribution in [0, 0.1) is 17.2 Å². The molecule has 0 aromatic heterocycles. The number of ether oxygens (including phenoxy) is 2. The Balaban J connectivity index is 1.60. The molecule has 6 nitrogen and oxygen atoms in total. The highest BCUT2D eigenvalue weighted by Crippen LogP contribution is 2.30. The number of hydrogen-bond acceptors (Lipinski definition) is 5. The number of nitrogens with zero attached hydrogens (tertiary/aromatic N) is 2. The van der Waals surface area contributed by atoms with Gasteiger partial charge in [-0.3, -0.25) is 14.5 Å². The number of carbonyl (C=O) groups is 2. The second-order valence-electron chi connectivity index (χ2n) is 6.05. The quantitative estimate of drug-likeness (QED) is 0.584. The SMILES string of the molecule is N#CCN(C(=O)COC(=O)[C@H]1COc2ccc(Cl)cc2C1)c1ccccc1. The Morgan fingerprint density at radius 3 is 2.78 bits per heavy atom. The molecule has 1 heterocycles. The summed E-state index contributed by atoms with van der Waals surface area (Å²) in [6.07, 6.45) is 0.434. The number of carbonyl (C=O) groups excluding carboxylic acids is 2. The van der Waals surface area contributed by atoms with E-state index in [4.69, 9.17) is 26.3 Å². The third kappa shape index (κ3) is 4.57. The largest absolute Gasteiger partial charge is 0.492 e. The number of esters is 1. The lowest BCUT2D eigenvalue weighted by Crippen LogP contribution is -2.37. The molecule has 1 amide bonds. The molecule has 2 aromatic rings. The molecule has 1 aliphatic heterocycles. The van der Waals surface area contributed by atoms with Crippen LogP contribution in [0.2, 0.25) is 5.02 Å². The topological polar surface area (TPSA) is 79.6 Å². The number of amides is 1. The number of fused-ring (bicyclic) bond motifs is 1. The number of nitriles is 1. The van der Waals surface area contributed by atoms with Crippen LogP contribution in [0.5, 0.6) is 5.75 Å². The summed E-state index contributed by atoms with van der Waals surface area (Å²) in [5.41, 5.74) is 1.40. The van der Waals surface area contributed by atoms with E-state index in [1.165, 1.54) is 4.90 Å². The standard InChI is InChI=1S/C20H17ClN2O4/c21-16-6-7-18-14(11-16)10-15(12-26-18)20(25)27-13-19(24)23(9-8-22)17-4-2-1-3-5-17/h1-7,11,15H,9-10,12-13H2/t15-/m1/s1. The molecule has 2 aromatic carbocycles. The normalized spacial score (nSPS) is 15.0. The Morgan fingerprint density at radius 1 is 1.26 bits per heavy atom. The first kappa shape index (κ1) is 18.7. The van der Waals surface area contributed by atoms with Gasteiger partial charge >= 0.3 is 5.97 Å². The highest BCUT2D eigenvalue weighted by atomic mass is 35.5. The maximum absolute atomic E-state index is 12.4. The van der Waals surface area contributed by atoms with Crippen LogP contribution < -0.4 is 9.64 Å². The molecule has 0 spiro atoms. The molecule has 1 aliphatic rings. The molecule has 27 heavy (non-hydrogen) atoms. The minimum absolute atomic E-state index is 0.126. The minimum Gasteiger partial charge on any atom is -0.492 e. The van der Waals surface area contributed by atoms with E-state index < -0.39 is 24.4 Å². The maximum Gasteiger partial charge on any atom is 0.313 e. The molecular weight excluding hydrogens is 368 g/mol. The zero-order valence-electron chi connectivity index (χ0n) is 14.4. The average molecular weight is 385 g/mol. The average Bonchev–Trinajstić information content (AvgIpc) is 2.70. The number of benzene rings is 2. The minimum atomic E-state index is -0.515. The van der Waals surface area contributed by atoms with Crippen LogP contribution in [0.4, 0.5) is 5.69 Å². The Hall–Kier alpha value is -3.04. The van der Waals surface area contributed by atoms with E-state index in [9.17, 15) is 9.59 Å². The van der Waals surface area contributed by atoms with E-state index in [-0.39, 0.29) is 13.2 Å². The number of halogens is 1. The third-order valence-electron chi connectivity index (χ3n) is 4.20. The summed E-state index contributed by atoms with van der Waals surface area (Å²) in [6.45, 7) is -0.380. The molecule has 0 unspecified atom stereocenters. The molecule has 1 atom stereocenters. The number of para-hydroxylation sites is 1. The first-order valence-electron chi connectivity index (χ1n) is 8.38. The Morgan fingerprint density at radius 2 is 2.04 bits per heavy atom. The van der Waals surface area contributed by atoms with Crippen molar-refractivity contribution in [2.75, 3.05) is 24.7 Å². The lowest BCUT2D eigenvalue weighted by Gasteiger charge is -2.25. The van der Waals surface area contributed by atoms with E-state index in [1.807, 2.05) is 12.1 Å². The van der Waals surface area contributed by atoms with Crippen LogP contribution in [0.1, 0.15) is 5.56 Å². The zero-order valence-corrected chi connectivity index (χ0v) is 15.2. The lowest BCUT2D eigenvalue weighted by atomic mass is 9.97. The van der Waals surface area contributed by atoms with Crippen LogP contribution in [0.15, 0.2) is 48.5 Å². The van der Waals surface area contributed by atoms with Gasteiger partial charge in [0.25, 0.3) is 5.91 Å². The summed E-state index contributed by atoms with van der Waals surface area (Å²) in [5, 5.41) is 9.53. The second kappa shape index (κ2) is 8.56. The Kier molecular flexibility index (Phi) is 5.94. The highest BCUT2D eigenvalue weighted by molar-refractivity contribution is 6.30. The van der Waals surface area contributed by atoms with Crippen LogP contribution >= 0.6 is 11.6 Å². The maximum atomic E-state index is 12.4. The Bertz CT molecular complexity index is 879. The molecule has 7 heteroatoms. The smallest absolute Gasteiger partial charge is 0.313 e. The van der Waals surface area contributed by atoms with Gasteiger partial charge in [-0.05, 0) is 42.3 Å². The first-order valence-corrected chi connectivity index (χ1v) is 8.76. The van der Waals surface area contributed by atoms with Crippen molar-refractivity contribution >= 4 is 29.2 Å². The predicted octanol–water partition coefficient (Wildman–Crippen LogP) is 2.99. The molecule has 0 aliphatic carbocycles. The highest BCUT2D eigenvalue weighted by Gasteiger charge is 2.28. The van der Waals surface area contributed by atoms with Crippen molar-refractivity contribution in [3.05, 3.63) is 59.1 Å². The monoisotopic (exact) mass is 384 g/mol. The van der Waals surface area contributed by atoms with Crippen LogP contribution in [-0.4, -0.2) is 31.6 Å². The van der Waals surface area contributed by atoms with E-state index in [0.29, 0.717) is 22.9 Å². The molecule has 3 rings (SSSR count). The molecular formula is C20H17ClN2O4. The molecule has 0 fully saturated rings. The zero-order chi connectivity index (χ0) is 19.2. The summed E-state index contributed by atoms with van der Waals surface area (Å²) in [6, 6.07) is 16.0. The van der Waals surface area contributed by atoms with Gasteiger partial charge in [-0.2, -0.15) is 5.26 Å². The van der Waals surface area contributed by atoms with Crippen LogP contribution in [-0.2, 0) is 20.7 Å². The molecule has 0 saturated heterocycles. The van der Waals surface area contributed by atoms with Gasteiger partial charge in [-0.15, -0.1) is 0 Å². The fourth-order valence-corrected chi connectivity index (χ4v) is 3.04. The summed E-state index contributed by atoms with van der Waals surface area (Å²) in [7, 11) is 0. The molecule has 138 valence electrons. The van der Waals surface area contributed by atoms with E-state index in [1.54, 1.807) is 42.5 Å². The van der Waals surface area contributed by atoms with Crippen molar-refractivity contribution in [1.29, 1.82) is 5.26 Å². The van der Waals surface area contributed by atoms with Crippen molar-refractivity contribution in [3.63, 3.8) is 0 Å². The van der Waals surface area contributed by atoms with E-state index in [2.05, 4.69) is 0 Å². The van der Waals surface area contributed by atoms with E-state index >= 15 is 0 Å². The van der Waals surface area contributed by atoms with Crippen molar-refractivity contribution in [1.82, 2.24) is 0 Å². The molecule has 0 N–H and O–H groups in total. The van der Waals surface area contributed by atoms with Crippen LogP contribution in [0.3, 0.4) is 0 Å². The molecule has 0 saturated carbocycles. The van der Waals surface area contributed by atoms with Gasteiger partial charge in [0.15, 0.2) is 6.61 Å². The fourth-order valence-electron chi connectivity index (χ4n) is 2.85. The summed E-state index contributed by atoms with van der Waals surface area (Å²) in [5.74, 6) is -0.788. The van der Waals surface area contributed by atoms with Gasteiger partial charge in [0, 0.05) is 10.7 Å². The lowest BCUT2D eigenvalue weighted by molar-refractivity contribution is -0.153. The van der Waals surface area contributed by atoms with Gasteiger partial charge in [-0.25, -0.2) is 0 Å². The third-order valence-corrected chi connectivity index (χ3v) is 4.43. The summed E-state index contributed by atoms with van der Waals surface area (Å²) >= 11 is 5.98. The van der Waals surface area contributed by atoms with Crippen molar-refractivity contribution in [3.8, 4) is 11.8 Å². The predicted molar refractivity (Wildman–Crippen MR) is 99.5 cm³/mol. The van der Waals surface area contributed by atoms with Crippen molar-refractivity contribution in [2.24, 2.45) is 5.92 Å². The van der Waals surface area contributed by atoms with Gasteiger partial charge in [0.05, 0.1) is 12.0 Å². The number of anilines is 1.